The van der Waals surface area contributed by atoms with Crippen molar-refractivity contribution in [2.75, 3.05) is 65.7 Å². The van der Waals surface area contributed by atoms with Crippen LogP contribution in [-0.4, -0.2) is 87.6 Å². The van der Waals surface area contributed by atoms with E-state index in [2.05, 4.69) is 9.80 Å². The van der Waals surface area contributed by atoms with Gasteiger partial charge in [-0.2, -0.15) is 0 Å². The first-order valence-electron chi connectivity index (χ1n) is 7.39. The fourth-order valence-corrected chi connectivity index (χ4v) is 2.95. The molecule has 2 unspecified atom stereocenters. The normalized spacial score (nSPS) is 26.2. The van der Waals surface area contributed by atoms with Crippen LogP contribution in [0.25, 0.3) is 0 Å². The van der Waals surface area contributed by atoms with E-state index < -0.39 is 0 Å². The summed E-state index contributed by atoms with van der Waals surface area (Å²) in [6.45, 7) is 8.83. The van der Waals surface area contributed by atoms with Gasteiger partial charge in [-0.15, -0.1) is 0 Å². The predicted octanol–water partition coefficient (Wildman–Crippen LogP) is -1.30. The molecule has 2 rings (SSSR count). The highest BCUT2D eigenvalue weighted by Crippen LogP contribution is 2.12. The highest BCUT2D eigenvalue weighted by atomic mass is 16.5. The van der Waals surface area contributed by atoms with Crippen molar-refractivity contribution >= 4 is 0 Å². The standard InChI is InChI=1S/C13H28N4O2/c14-2-1-13(17-5-9-19-10-6-17)12(15)11-16-3-7-18-8-4-16/h12-13H,1-11,14-15H2. The molecule has 0 amide bonds. The highest BCUT2D eigenvalue weighted by Gasteiger charge is 2.27. The Hall–Kier alpha value is -0.240. The number of nitrogens with two attached hydrogens (primary N) is 2. The lowest BCUT2D eigenvalue weighted by atomic mass is 10.0. The van der Waals surface area contributed by atoms with E-state index in [1.165, 1.54) is 0 Å². The molecule has 2 aliphatic rings. The lowest BCUT2D eigenvalue weighted by Gasteiger charge is -2.39. The molecule has 0 saturated carbocycles. The minimum absolute atomic E-state index is 0.153. The van der Waals surface area contributed by atoms with Gasteiger partial charge < -0.3 is 20.9 Å². The van der Waals surface area contributed by atoms with Crippen molar-refractivity contribution in [2.45, 2.75) is 18.5 Å². The van der Waals surface area contributed by atoms with Gasteiger partial charge in [0.25, 0.3) is 0 Å². The van der Waals surface area contributed by atoms with Gasteiger partial charge in [0.2, 0.25) is 0 Å². The van der Waals surface area contributed by atoms with Crippen LogP contribution in [0.4, 0.5) is 0 Å². The summed E-state index contributed by atoms with van der Waals surface area (Å²) in [5.41, 5.74) is 12.2. The minimum atomic E-state index is 0.153. The Morgan fingerprint density at radius 2 is 1.53 bits per heavy atom. The van der Waals surface area contributed by atoms with Gasteiger partial charge in [0.15, 0.2) is 0 Å². The first kappa shape index (κ1) is 15.2. The number of ether oxygens (including phenoxy) is 2. The number of hydrogen-bond acceptors (Lipinski definition) is 6. The number of hydrogen-bond donors (Lipinski definition) is 2. The third-order valence-corrected chi connectivity index (χ3v) is 4.04. The molecule has 4 N–H and O–H groups in total. The summed E-state index contributed by atoms with van der Waals surface area (Å²) >= 11 is 0. The molecule has 0 radical (unpaired) electrons. The van der Waals surface area contributed by atoms with Gasteiger partial charge in [-0.1, -0.05) is 0 Å². The molecule has 2 atom stereocenters. The fourth-order valence-electron chi connectivity index (χ4n) is 2.95. The van der Waals surface area contributed by atoms with Crippen LogP contribution in [0.5, 0.6) is 0 Å². The van der Waals surface area contributed by atoms with E-state index in [0.29, 0.717) is 12.6 Å². The van der Waals surface area contributed by atoms with Gasteiger partial charge in [0.05, 0.1) is 26.4 Å². The van der Waals surface area contributed by atoms with Crippen LogP contribution in [0.15, 0.2) is 0 Å². The van der Waals surface area contributed by atoms with Crippen molar-refractivity contribution in [3.8, 4) is 0 Å². The highest BCUT2D eigenvalue weighted by molar-refractivity contribution is 4.86. The van der Waals surface area contributed by atoms with Crippen LogP contribution in [0.1, 0.15) is 6.42 Å². The summed E-state index contributed by atoms with van der Waals surface area (Å²) in [5.74, 6) is 0. The SMILES string of the molecule is NCCC(C(N)CN1CCOCC1)N1CCOCC1. The second-order valence-corrected chi connectivity index (χ2v) is 5.37. The van der Waals surface area contributed by atoms with Gasteiger partial charge >= 0.3 is 0 Å². The molecule has 2 aliphatic heterocycles. The van der Waals surface area contributed by atoms with Gasteiger partial charge in [-0.25, -0.2) is 0 Å². The minimum Gasteiger partial charge on any atom is -0.379 e. The fraction of sp³-hybridized carbons (Fsp3) is 1.00. The van der Waals surface area contributed by atoms with Crippen LogP contribution in [0.3, 0.4) is 0 Å². The zero-order valence-electron chi connectivity index (χ0n) is 11.8. The number of nitrogens with zero attached hydrogens (tertiary/aromatic N) is 2. The maximum Gasteiger partial charge on any atom is 0.0594 e. The molecule has 0 aromatic rings. The van der Waals surface area contributed by atoms with E-state index in [0.717, 1.165) is 65.6 Å². The summed E-state index contributed by atoms with van der Waals surface area (Å²) < 4.78 is 10.8. The first-order valence-corrected chi connectivity index (χ1v) is 7.39. The van der Waals surface area contributed by atoms with Crippen molar-refractivity contribution in [3.63, 3.8) is 0 Å². The Morgan fingerprint density at radius 1 is 0.947 bits per heavy atom. The summed E-state index contributed by atoms with van der Waals surface area (Å²) in [6.07, 6.45) is 0.964. The molecule has 6 nitrogen and oxygen atoms in total. The topological polar surface area (TPSA) is 77.0 Å². The molecule has 6 heteroatoms. The zero-order valence-corrected chi connectivity index (χ0v) is 11.8. The van der Waals surface area contributed by atoms with Gasteiger partial charge in [-0.05, 0) is 13.0 Å². The summed E-state index contributed by atoms with van der Waals surface area (Å²) in [4.78, 5) is 4.85. The third-order valence-electron chi connectivity index (χ3n) is 4.04. The largest absolute Gasteiger partial charge is 0.379 e. The van der Waals surface area contributed by atoms with E-state index in [4.69, 9.17) is 20.9 Å². The van der Waals surface area contributed by atoms with E-state index in [1.54, 1.807) is 0 Å². The quantitative estimate of drug-likeness (QED) is 0.625. The molecule has 2 fully saturated rings. The van der Waals surface area contributed by atoms with Crippen molar-refractivity contribution in [1.82, 2.24) is 9.80 Å². The first-order chi connectivity index (χ1) is 9.31. The monoisotopic (exact) mass is 272 g/mol. The van der Waals surface area contributed by atoms with E-state index in [-0.39, 0.29) is 6.04 Å². The van der Waals surface area contributed by atoms with Crippen LogP contribution < -0.4 is 11.5 Å². The Morgan fingerprint density at radius 3 is 2.11 bits per heavy atom. The van der Waals surface area contributed by atoms with Crippen LogP contribution >= 0.6 is 0 Å². The molecule has 0 aromatic carbocycles. The average molecular weight is 272 g/mol. The van der Waals surface area contributed by atoms with Crippen molar-refractivity contribution < 1.29 is 9.47 Å². The zero-order chi connectivity index (χ0) is 13.5. The van der Waals surface area contributed by atoms with E-state index in [9.17, 15) is 0 Å². The maximum absolute atomic E-state index is 6.45. The molecule has 0 spiro atoms. The average Bonchev–Trinajstić information content (AvgIpc) is 2.46. The lowest BCUT2D eigenvalue weighted by Crippen LogP contribution is -2.57. The molecule has 2 saturated heterocycles. The van der Waals surface area contributed by atoms with Gasteiger partial charge in [0.1, 0.15) is 0 Å². The molecule has 19 heavy (non-hydrogen) atoms. The Kier molecular flexibility index (Phi) is 6.49. The molecule has 112 valence electrons. The van der Waals surface area contributed by atoms with Gasteiger partial charge in [0, 0.05) is 44.8 Å². The molecule has 0 aliphatic carbocycles. The second kappa shape index (κ2) is 8.14. The van der Waals surface area contributed by atoms with Crippen LogP contribution in [-0.2, 0) is 9.47 Å². The number of rotatable bonds is 6. The number of morpholine rings is 2. The lowest BCUT2D eigenvalue weighted by molar-refractivity contribution is -0.00138. The van der Waals surface area contributed by atoms with Crippen molar-refractivity contribution in [3.05, 3.63) is 0 Å². The summed E-state index contributed by atoms with van der Waals surface area (Å²) in [7, 11) is 0. The predicted molar refractivity (Wildman–Crippen MR) is 75.1 cm³/mol. The molecule has 2 heterocycles. The Bertz CT molecular complexity index is 243. The Labute approximate surface area is 116 Å². The molecule has 0 bridgehead atoms. The summed E-state index contributed by atoms with van der Waals surface area (Å²) in [6, 6.07) is 0.525. The smallest absolute Gasteiger partial charge is 0.0594 e. The molecular weight excluding hydrogens is 244 g/mol. The van der Waals surface area contributed by atoms with E-state index >= 15 is 0 Å². The van der Waals surface area contributed by atoms with Crippen molar-refractivity contribution in [1.29, 1.82) is 0 Å². The maximum atomic E-state index is 6.45. The van der Waals surface area contributed by atoms with Gasteiger partial charge in [-0.3, -0.25) is 9.80 Å². The molecular formula is C13H28N4O2. The third kappa shape index (κ3) is 4.66. The van der Waals surface area contributed by atoms with Crippen LogP contribution in [0.2, 0.25) is 0 Å². The molecule has 0 aromatic heterocycles. The van der Waals surface area contributed by atoms with E-state index in [1.807, 2.05) is 0 Å². The second-order valence-electron chi connectivity index (χ2n) is 5.37. The van der Waals surface area contributed by atoms with Crippen molar-refractivity contribution in [2.24, 2.45) is 11.5 Å². The van der Waals surface area contributed by atoms with Crippen LogP contribution in [0, 0.1) is 0 Å². The Balaban J connectivity index is 1.85. The summed E-state index contributed by atoms with van der Waals surface area (Å²) in [5, 5.41) is 0.